The summed E-state index contributed by atoms with van der Waals surface area (Å²) in [6.45, 7) is -0.153. The Morgan fingerprint density at radius 1 is 1.64 bits per heavy atom. The van der Waals surface area contributed by atoms with E-state index in [0.29, 0.717) is 5.06 Å². The van der Waals surface area contributed by atoms with E-state index in [1.807, 2.05) is 5.38 Å². The zero-order valence-electron chi connectivity index (χ0n) is 9.47. The molecule has 0 bridgehead atoms. The molecule has 14 heavy (non-hydrogen) atoms. The molecule has 0 atom stereocenters. The standard InChI is InChI=1S/C7H9N3O2S.Sr.2H/c8-7(9)10-4-5(11)12-6-2-1-3-13-6;;;/h1-3H,4H2,(H4,8,9,10);;;/q;+2;2*-1. The van der Waals surface area contributed by atoms with Crippen molar-refractivity contribution in [2.75, 3.05) is 6.54 Å². The molecular formula is C7H11N3O2SSr. The molecule has 0 saturated heterocycles. The van der Waals surface area contributed by atoms with Crippen molar-refractivity contribution in [2.45, 2.75) is 0 Å². The van der Waals surface area contributed by atoms with Crippen LogP contribution in [0.2, 0.25) is 0 Å². The maximum absolute atomic E-state index is 11.0. The number of hydrogen-bond acceptors (Lipinski definition) is 4. The van der Waals surface area contributed by atoms with Crippen molar-refractivity contribution in [1.82, 2.24) is 0 Å². The summed E-state index contributed by atoms with van der Waals surface area (Å²) in [7, 11) is 0. The molecule has 0 amide bonds. The average molecular weight is 289 g/mol. The summed E-state index contributed by atoms with van der Waals surface area (Å²) >= 11 is 1.33. The Kier molecular flexibility index (Phi) is 7.20. The molecule has 1 heterocycles. The second kappa shape index (κ2) is 7.24. The van der Waals surface area contributed by atoms with Crippen LogP contribution in [-0.2, 0) is 4.79 Å². The fourth-order valence-corrected chi connectivity index (χ4v) is 1.21. The van der Waals surface area contributed by atoms with Gasteiger partial charge in [0.15, 0.2) is 11.0 Å². The molecule has 0 aliphatic heterocycles. The van der Waals surface area contributed by atoms with E-state index in [2.05, 4.69) is 4.99 Å². The number of carbonyl (C=O) groups excluding carboxylic acids is 1. The molecule has 0 saturated carbocycles. The second-order valence-electron chi connectivity index (χ2n) is 2.15. The van der Waals surface area contributed by atoms with E-state index >= 15 is 0 Å². The van der Waals surface area contributed by atoms with Gasteiger partial charge in [-0.1, -0.05) is 0 Å². The van der Waals surface area contributed by atoms with Crippen LogP contribution in [0.3, 0.4) is 0 Å². The van der Waals surface area contributed by atoms with Crippen LogP contribution in [0.4, 0.5) is 0 Å². The van der Waals surface area contributed by atoms with E-state index in [9.17, 15) is 4.79 Å². The SMILES string of the molecule is NC(N)=NCC(=O)Oc1cccs1.[H-].[H-].[Sr+2]. The zero-order valence-corrected chi connectivity index (χ0v) is 11.8. The van der Waals surface area contributed by atoms with Gasteiger partial charge in [0, 0.05) is 0 Å². The minimum Gasteiger partial charge on any atom is -1.00 e. The van der Waals surface area contributed by atoms with Gasteiger partial charge >= 0.3 is 51.5 Å². The van der Waals surface area contributed by atoms with Crippen molar-refractivity contribution < 1.29 is 12.4 Å². The summed E-state index contributed by atoms with van der Waals surface area (Å²) in [6, 6.07) is 3.48. The molecule has 0 spiro atoms. The van der Waals surface area contributed by atoms with Crippen molar-refractivity contribution in [1.29, 1.82) is 0 Å². The molecular weight excluding hydrogens is 278 g/mol. The van der Waals surface area contributed by atoms with Crippen molar-refractivity contribution in [3.63, 3.8) is 0 Å². The Morgan fingerprint density at radius 2 is 2.36 bits per heavy atom. The number of rotatable bonds is 3. The van der Waals surface area contributed by atoms with Crippen molar-refractivity contribution in [2.24, 2.45) is 16.5 Å². The van der Waals surface area contributed by atoms with Gasteiger partial charge in [0.25, 0.3) is 0 Å². The molecule has 0 aliphatic carbocycles. The minimum absolute atomic E-state index is 0. The zero-order chi connectivity index (χ0) is 9.68. The molecule has 4 N–H and O–H groups in total. The average Bonchev–Trinajstić information content (AvgIpc) is 2.53. The third-order valence-electron chi connectivity index (χ3n) is 1.10. The fraction of sp³-hybridized carbons (Fsp3) is 0.143. The van der Waals surface area contributed by atoms with Crippen LogP contribution in [0, 0.1) is 0 Å². The number of guanidine groups is 1. The molecule has 0 aliphatic rings. The third kappa shape index (κ3) is 5.61. The van der Waals surface area contributed by atoms with Gasteiger partial charge in [-0.25, -0.2) is 9.79 Å². The van der Waals surface area contributed by atoms with Gasteiger partial charge in [-0.2, -0.15) is 0 Å². The molecule has 74 valence electrons. The molecule has 1 aromatic heterocycles. The van der Waals surface area contributed by atoms with Crippen LogP contribution in [0.1, 0.15) is 2.85 Å². The third-order valence-corrected chi connectivity index (χ3v) is 1.85. The second-order valence-corrected chi connectivity index (χ2v) is 3.06. The number of nitrogens with two attached hydrogens (primary N) is 2. The predicted octanol–water partition coefficient (Wildman–Crippen LogP) is -0.229. The summed E-state index contributed by atoms with van der Waals surface area (Å²) < 4.78 is 4.87. The van der Waals surface area contributed by atoms with E-state index in [0.717, 1.165) is 0 Å². The summed E-state index contributed by atoms with van der Waals surface area (Å²) in [6.07, 6.45) is 0. The van der Waals surface area contributed by atoms with Gasteiger partial charge in [0.2, 0.25) is 0 Å². The van der Waals surface area contributed by atoms with E-state index in [1.54, 1.807) is 12.1 Å². The van der Waals surface area contributed by atoms with Gasteiger partial charge in [0.05, 0.1) is 0 Å². The van der Waals surface area contributed by atoms with Gasteiger partial charge in [-0.15, -0.1) is 11.3 Å². The molecule has 1 aromatic rings. The Morgan fingerprint density at radius 3 is 2.86 bits per heavy atom. The molecule has 0 fully saturated rings. The van der Waals surface area contributed by atoms with Crippen molar-refractivity contribution >= 4 is 68.7 Å². The monoisotopic (exact) mass is 289 g/mol. The van der Waals surface area contributed by atoms with Crippen LogP contribution in [0.15, 0.2) is 22.5 Å². The normalized spacial score (nSPS) is 8.57. The van der Waals surface area contributed by atoms with E-state index in [-0.39, 0.29) is 60.8 Å². The number of aliphatic imine (C=N–C) groups is 1. The summed E-state index contributed by atoms with van der Waals surface area (Å²) in [4.78, 5) is 14.5. The van der Waals surface area contributed by atoms with Crippen LogP contribution in [0.5, 0.6) is 5.06 Å². The quantitative estimate of drug-likeness (QED) is 0.348. The number of thiophene rings is 1. The first-order valence-electron chi connectivity index (χ1n) is 3.48. The largest absolute Gasteiger partial charge is 2.00 e. The number of nitrogens with zero attached hydrogens (tertiary/aromatic N) is 1. The number of ether oxygens (including phenoxy) is 1. The van der Waals surface area contributed by atoms with Gasteiger partial charge in [0.1, 0.15) is 6.54 Å². The van der Waals surface area contributed by atoms with Crippen LogP contribution in [-0.4, -0.2) is 64.0 Å². The van der Waals surface area contributed by atoms with Gasteiger partial charge < -0.3 is 19.1 Å². The van der Waals surface area contributed by atoms with Crippen molar-refractivity contribution in [3.05, 3.63) is 17.5 Å². The Hall–Kier alpha value is -0.0795. The number of esters is 1. The van der Waals surface area contributed by atoms with Crippen LogP contribution < -0.4 is 16.2 Å². The maximum Gasteiger partial charge on any atom is 2.00 e. The summed E-state index contributed by atoms with van der Waals surface area (Å²) in [5, 5.41) is 2.35. The van der Waals surface area contributed by atoms with Gasteiger partial charge in [-0.3, -0.25) is 0 Å². The van der Waals surface area contributed by atoms with E-state index < -0.39 is 5.97 Å². The first-order chi connectivity index (χ1) is 6.18. The first-order valence-corrected chi connectivity index (χ1v) is 4.36. The summed E-state index contributed by atoms with van der Waals surface area (Å²) in [5.41, 5.74) is 10.1. The van der Waals surface area contributed by atoms with Crippen LogP contribution >= 0.6 is 11.3 Å². The molecule has 0 radical (unpaired) electrons. The molecule has 1 rings (SSSR count). The molecule has 7 heteroatoms. The number of carbonyl (C=O) groups is 1. The first kappa shape index (κ1) is 13.9. The maximum atomic E-state index is 11.0. The topological polar surface area (TPSA) is 90.7 Å². The molecule has 5 nitrogen and oxygen atoms in total. The fourth-order valence-electron chi connectivity index (χ4n) is 0.622. The Bertz CT molecular complexity index is 317. The molecule has 0 unspecified atom stereocenters. The minimum atomic E-state index is -0.476. The van der Waals surface area contributed by atoms with E-state index in [1.165, 1.54) is 11.3 Å². The number of hydrogen-bond donors (Lipinski definition) is 2. The smallest absolute Gasteiger partial charge is 1.00 e. The summed E-state index contributed by atoms with van der Waals surface area (Å²) in [5.74, 6) is -0.598. The Labute approximate surface area is 125 Å². The van der Waals surface area contributed by atoms with Gasteiger partial charge in [-0.05, 0) is 17.5 Å². The Balaban J connectivity index is -0.000000563. The predicted molar refractivity (Wildman–Crippen MR) is 58.6 cm³/mol. The van der Waals surface area contributed by atoms with E-state index in [4.69, 9.17) is 16.2 Å². The van der Waals surface area contributed by atoms with Crippen molar-refractivity contribution in [3.8, 4) is 5.06 Å². The van der Waals surface area contributed by atoms with Crippen LogP contribution in [0.25, 0.3) is 0 Å². The molecule has 0 aromatic carbocycles.